The zero-order chi connectivity index (χ0) is 9.31. The number of pyridine rings is 1. The van der Waals surface area contributed by atoms with Crippen molar-refractivity contribution in [1.82, 2.24) is 9.71 Å². The first-order chi connectivity index (χ1) is 6.21. The summed E-state index contributed by atoms with van der Waals surface area (Å²) in [5, 5.41) is 0.702. The zero-order valence-electron chi connectivity index (χ0n) is 7.03. The van der Waals surface area contributed by atoms with Gasteiger partial charge in [0.15, 0.2) is 0 Å². The van der Waals surface area contributed by atoms with Crippen LogP contribution in [0.25, 0.3) is 0 Å². The van der Waals surface area contributed by atoms with Crippen LogP contribution in [0, 0.1) is 0 Å². The molecule has 1 aliphatic heterocycles. The van der Waals surface area contributed by atoms with Gasteiger partial charge in [-0.1, -0.05) is 0 Å². The van der Waals surface area contributed by atoms with E-state index in [1.807, 2.05) is 12.1 Å². The Balaban J connectivity index is 2.35. The lowest BCUT2D eigenvalue weighted by molar-refractivity contribution is 0.664. The van der Waals surface area contributed by atoms with Gasteiger partial charge >= 0.3 is 0 Å². The second-order valence-corrected chi connectivity index (χ2v) is 6.68. The summed E-state index contributed by atoms with van der Waals surface area (Å²) in [7, 11) is -2.32. The number of thiol groups is 1. The monoisotopic (exact) mass is 262 g/mol. The summed E-state index contributed by atoms with van der Waals surface area (Å²) in [5.74, 6) is 0.738. The second kappa shape index (κ2) is 3.48. The van der Waals surface area contributed by atoms with Crippen molar-refractivity contribution in [2.24, 2.45) is 0 Å². The number of hydrogen-bond donors (Lipinski definition) is 2. The van der Waals surface area contributed by atoms with E-state index in [9.17, 15) is 4.21 Å². The molecule has 0 aliphatic carbocycles. The second-order valence-electron chi connectivity index (χ2n) is 3.06. The SMILES string of the molecule is O=[SH]1(c2ccc(Br)cn2)CCCN1. The fourth-order valence-corrected chi connectivity index (χ4v) is 3.88. The van der Waals surface area contributed by atoms with Gasteiger partial charge in [0.1, 0.15) is 5.03 Å². The molecule has 0 unspecified atom stereocenters. The normalized spacial score (nSPS) is 22.8. The van der Waals surface area contributed by atoms with Crippen LogP contribution in [0.5, 0.6) is 0 Å². The van der Waals surface area contributed by atoms with Crippen LogP contribution in [0.15, 0.2) is 27.8 Å². The molecule has 1 saturated heterocycles. The van der Waals surface area contributed by atoms with Crippen molar-refractivity contribution in [3.8, 4) is 0 Å². The van der Waals surface area contributed by atoms with E-state index in [1.165, 1.54) is 0 Å². The van der Waals surface area contributed by atoms with Crippen molar-refractivity contribution < 1.29 is 4.21 Å². The summed E-state index contributed by atoms with van der Waals surface area (Å²) < 4.78 is 16.1. The van der Waals surface area contributed by atoms with Crippen molar-refractivity contribution in [1.29, 1.82) is 0 Å². The number of nitrogens with one attached hydrogen (secondary N) is 1. The highest BCUT2D eigenvalue weighted by molar-refractivity contribution is 9.10. The molecule has 5 heteroatoms. The van der Waals surface area contributed by atoms with Gasteiger partial charge < -0.3 is 0 Å². The largest absolute Gasteiger partial charge is 0.265 e. The van der Waals surface area contributed by atoms with Gasteiger partial charge in [-0.25, -0.2) is 4.98 Å². The number of aromatic nitrogens is 1. The van der Waals surface area contributed by atoms with E-state index in [4.69, 9.17) is 0 Å². The summed E-state index contributed by atoms with van der Waals surface area (Å²) in [6.07, 6.45) is 2.67. The molecule has 0 bridgehead atoms. The average Bonchev–Trinajstić information content (AvgIpc) is 2.54. The highest BCUT2D eigenvalue weighted by Gasteiger charge is 2.22. The van der Waals surface area contributed by atoms with Gasteiger partial charge in [-0.05, 0) is 44.6 Å². The van der Waals surface area contributed by atoms with Crippen LogP contribution in [-0.4, -0.2) is 21.5 Å². The lowest BCUT2D eigenvalue weighted by Gasteiger charge is -2.16. The Hall–Kier alpha value is -0.260. The molecule has 13 heavy (non-hydrogen) atoms. The Morgan fingerprint density at radius 3 is 2.92 bits per heavy atom. The van der Waals surface area contributed by atoms with Crippen molar-refractivity contribution in [3.05, 3.63) is 22.8 Å². The van der Waals surface area contributed by atoms with Crippen LogP contribution in [0.4, 0.5) is 0 Å². The van der Waals surface area contributed by atoms with E-state index in [0.717, 1.165) is 23.2 Å². The third-order valence-electron chi connectivity index (χ3n) is 2.10. The number of halogens is 1. The van der Waals surface area contributed by atoms with Crippen LogP contribution < -0.4 is 4.72 Å². The minimum absolute atomic E-state index is 0.702. The Morgan fingerprint density at radius 2 is 2.38 bits per heavy atom. The van der Waals surface area contributed by atoms with E-state index < -0.39 is 10.1 Å². The van der Waals surface area contributed by atoms with Crippen LogP contribution in [0.1, 0.15) is 6.42 Å². The quantitative estimate of drug-likeness (QED) is 0.746. The molecular weight excluding hydrogens is 252 g/mol. The average molecular weight is 263 g/mol. The van der Waals surface area contributed by atoms with Gasteiger partial charge in [0, 0.05) is 23.0 Å². The maximum Gasteiger partial charge on any atom is 0.115 e. The first-order valence-electron chi connectivity index (χ1n) is 4.17. The molecule has 0 radical (unpaired) electrons. The maximum atomic E-state index is 12.1. The molecule has 0 saturated carbocycles. The van der Waals surface area contributed by atoms with Crippen molar-refractivity contribution in [3.63, 3.8) is 0 Å². The minimum Gasteiger partial charge on any atom is -0.265 e. The molecule has 2 heterocycles. The summed E-state index contributed by atoms with van der Waals surface area (Å²) in [4.78, 5) is 4.16. The topological polar surface area (TPSA) is 42.0 Å². The molecule has 1 N–H and O–H groups in total. The summed E-state index contributed by atoms with van der Waals surface area (Å²) >= 11 is 3.30. The molecule has 0 amide bonds. The molecule has 1 fully saturated rings. The Bertz CT molecular complexity index is 342. The molecule has 1 aromatic rings. The summed E-state index contributed by atoms with van der Waals surface area (Å²) in [6, 6.07) is 3.70. The smallest absolute Gasteiger partial charge is 0.115 e. The van der Waals surface area contributed by atoms with E-state index >= 15 is 0 Å². The van der Waals surface area contributed by atoms with Crippen molar-refractivity contribution >= 4 is 26.0 Å². The van der Waals surface area contributed by atoms with Gasteiger partial charge in [0.2, 0.25) is 0 Å². The van der Waals surface area contributed by atoms with Gasteiger partial charge in [-0.3, -0.25) is 8.93 Å². The van der Waals surface area contributed by atoms with Crippen LogP contribution in [0.2, 0.25) is 0 Å². The molecule has 0 spiro atoms. The number of nitrogens with zero attached hydrogens (tertiary/aromatic N) is 1. The molecule has 1 aliphatic rings. The highest BCUT2D eigenvalue weighted by atomic mass is 79.9. The predicted octanol–water partition coefficient (Wildman–Crippen LogP) is 1.13. The van der Waals surface area contributed by atoms with E-state index in [2.05, 4.69) is 25.6 Å². The molecule has 0 atom stereocenters. The third kappa shape index (κ3) is 1.82. The van der Waals surface area contributed by atoms with Gasteiger partial charge in [-0.15, -0.1) is 0 Å². The summed E-state index contributed by atoms with van der Waals surface area (Å²) in [5.41, 5.74) is 0. The Labute approximate surface area is 86.6 Å². The van der Waals surface area contributed by atoms with E-state index in [0.29, 0.717) is 5.03 Å². The molecule has 0 aromatic carbocycles. The van der Waals surface area contributed by atoms with Gasteiger partial charge in [0.25, 0.3) is 0 Å². The van der Waals surface area contributed by atoms with E-state index in [-0.39, 0.29) is 0 Å². The Kier molecular flexibility index (Phi) is 2.49. The first kappa shape index (κ1) is 9.30. The fourth-order valence-electron chi connectivity index (χ4n) is 1.42. The predicted molar refractivity (Wildman–Crippen MR) is 57.2 cm³/mol. The van der Waals surface area contributed by atoms with Crippen LogP contribution >= 0.6 is 15.9 Å². The molecule has 3 nitrogen and oxygen atoms in total. The zero-order valence-corrected chi connectivity index (χ0v) is 9.51. The standard InChI is InChI=1S/C8H11BrN2OS/c9-7-2-3-8(10-6-7)13(12)5-1-4-11-13/h2-3,6,13H,1,4-5H2,(H,11,12). The first-order valence-corrected chi connectivity index (χ1v) is 6.85. The van der Waals surface area contributed by atoms with E-state index in [1.54, 1.807) is 6.20 Å². The third-order valence-corrected chi connectivity index (χ3v) is 5.25. The van der Waals surface area contributed by atoms with Crippen LogP contribution in [-0.2, 0) is 10.1 Å². The fraction of sp³-hybridized carbons (Fsp3) is 0.375. The lowest BCUT2D eigenvalue weighted by Crippen LogP contribution is -2.26. The molecule has 2 rings (SSSR count). The number of hydrogen-bond acceptors (Lipinski definition) is 2. The highest BCUT2D eigenvalue weighted by Crippen LogP contribution is 2.20. The molecule has 72 valence electrons. The number of rotatable bonds is 1. The summed E-state index contributed by atoms with van der Waals surface area (Å²) in [6.45, 7) is 0.842. The Morgan fingerprint density at radius 1 is 1.54 bits per heavy atom. The lowest BCUT2D eigenvalue weighted by atomic mass is 10.5. The van der Waals surface area contributed by atoms with Gasteiger partial charge in [-0.2, -0.15) is 0 Å². The van der Waals surface area contributed by atoms with Crippen molar-refractivity contribution in [2.75, 3.05) is 12.3 Å². The molecule has 1 aromatic heterocycles. The maximum absolute atomic E-state index is 12.1. The van der Waals surface area contributed by atoms with Crippen molar-refractivity contribution in [2.45, 2.75) is 11.4 Å². The molecular formula is C8H11BrN2OS. The van der Waals surface area contributed by atoms with Crippen LogP contribution in [0.3, 0.4) is 0 Å². The minimum atomic E-state index is -2.32. The van der Waals surface area contributed by atoms with Gasteiger partial charge in [0.05, 0.1) is 0 Å².